The van der Waals surface area contributed by atoms with Crippen LogP contribution in [0.4, 0.5) is 4.79 Å². The van der Waals surface area contributed by atoms with E-state index in [2.05, 4.69) is 5.32 Å². The molecule has 3 N–H and O–H groups in total. The van der Waals surface area contributed by atoms with E-state index < -0.39 is 51.7 Å². The molecule has 0 heterocycles. The van der Waals surface area contributed by atoms with Crippen molar-refractivity contribution in [3.05, 3.63) is 35.9 Å². The maximum Gasteiger partial charge on any atom is 0.508 e. The summed E-state index contributed by atoms with van der Waals surface area (Å²) in [5.74, 6) is -2.45. The number of carboxylic acid groups (broad SMARTS) is 1. The number of aliphatic hydroxyl groups is 1. The van der Waals surface area contributed by atoms with Crippen molar-refractivity contribution in [3.63, 3.8) is 0 Å². The van der Waals surface area contributed by atoms with E-state index in [0.29, 0.717) is 12.0 Å². The van der Waals surface area contributed by atoms with Gasteiger partial charge in [-0.2, -0.15) is 8.42 Å². The minimum absolute atomic E-state index is 0.0198. The minimum atomic E-state index is -4.31. The van der Waals surface area contributed by atoms with Gasteiger partial charge in [0.1, 0.15) is 6.10 Å². The fourth-order valence-electron chi connectivity index (χ4n) is 3.03. The third-order valence-corrected chi connectivity index (χ3v) is 6.21. The molecule has 0 aliphatic carbocycles. The average molecular weight is 504 g/mol. The van der Waals surface area contributed by atoms with Gasteiger partial charge in [-0.1, -0.05) is 51.1 Å². The van der Waals surface area contributed by atoms with Gasteiger partial charge in [-0.3, -0.25) is 8.98 Å². The topological polar surface area (TPSA) is 166 Å². The first kappa shape index (κ1) is 29.3. The normalized spacial score (nSPS) is 14.5. The van der Waals surface area contributed by atoms with E-state index in [1.165, 1.54) is 20.8 Å². The number of nitrogens with one attached hydrogen (secondary N) is 1. The number of benzene rings is 1. The number of carbonyl (C=O) groups excluding carboxylic acids is 2. The highest BCUT2D eigenvalue weighted by Gasteiger charge is 2.49. The van der Waals surface area contributed by atoms with Crippen LogP contribution in [0.1, 0.15) is 52.2 Å². The number of hydrogen-bond acceptors (Lipinski definition) is 9. The zero-order chi connectivity index (χ0) is 25.9. The molecule has 0 spiro atoms. The molecule has 0 saturated carbocycles. The van der Waals surface area contributed by atoms with E-state index in [-0.39, 0.29) is 25.5 Å². The van der Waals surface area contributed by atoms with Crippen LogP contribution in [-0.2, 0) is 33.4 Å². The summed E-state index contributed by atoms with van der Waals surface area (Å²) in [6.45, 7) is 5.77. The van der Waals surface area contributed by atoms with Crippen LogP contribution in [0.3, 0.4) is 0 Å². The van der Waals surface area contributed by atoms with Crippen LogP contribution in [0, 0.1) is 5.41 Å². The Morgan fingerprint density at radius 1 is 1.15 bits per heavy atom. The Hall–Kier alpha value is -2.70. The number of ether oxygens (including phenoxy) is 2. The summed E-state index contributed by atoms with van der Waals surface area (Å²) in [7, 11) is -4.31. The highest BCUT2D eigenvalue weighted by Crippen LogP contribution is 2.39. The van der Waals surface area contributed by atoms with Crippen molar-refractivity contribution in [1.29, 1.82) is 0 Å². The van der Waals surface area contributed by atoms with Gasteiger partial charge in [0.15, 0.2) is 12.2 Å². The molecule has 2 unspecified atom stereocenters. The second kappa shape index (κ2) is 13.3. The van der Waals surface area contributed by atoms with Gasteiger partial charge in [0.05, 0.1) is 12.4 Å². The smallest absolute Gasteiger partial charge is 0.479 e. The number of aliphatic hydroxyl groups excluding tert-OH is 1. The maximum absolute atomic E-state index is 12.8. The van der Waals surface area contributed by atoms with Crippen LogP contribution in [0.25, 0.3) is 0 Å². The first-order valence-corrected chi connectivity index (χ1v) is 12.3. The van der Waals surface area contributed by atoms with E-state index in [4.69, 9.17) is 13.7 Å². The second-order valence-electron chi connectivity index (χ2n) is 8.22. The highest BCUT2D eigenvalue weighted by molar-refractivity contribution is 7.86. The van der Waals surface area contributed by atoms with Crippen LogP contribution in [0.5, 0.6) is 0 Å². The maximum atomic E-state index is 12.8. The Kier molecular flexibility index (Phi) is 11.4. The van der Waals surface area contributed by atoms with E-state index in [1.54, 1.807) is 37.3 Å². The van der Waals surface area contributed by atoms with Crippen LogP contribution >= 0.6 is 0 Å². The third kappa shape index (κ3) is 9.27. The first-order chi connectivity index (χ1) is 15.8. The lowest BCUT2D eigenvalue weighted by Gasteiger charge is -2.39. The molecule has 192 valence electrons. The quantitative estimate of drug-likeness (QED) is 0.194. The summed E-state index contributed by atoms with van der Waals surface area (Å²) in [6, 6.07) is 7.99. The number of hydrogen-bond donors (Lipinski definition) is 3. The van der Waals surface area contributed by atoms with Crippen molar-refractivity contribution >= 4 is 28.1 Å². The van der Waals surface area contributed by atoms with Gasteiger partial charge in [0, 0.05) is 18.9 Å². The largest absolute Gasteiger partial charge is 0.508 e. The Morgan fingerprint density at radius 2 is 1.76 bits per heavy atom. The Bertz CT molecular complexity index is 917. The van der Waals surface area contributed by atoms with Crippen molar-refractivity contribution < 1.29 is 46.7 Å². The van der Waals surface area contributed by atoms with Gasteiger partial charge in [-0.15, -0.1) is 0 Å². The molecule has 0 aliphatic heterocycles. The Labute approximate surface area is 199 Å². The highest BCUT2D eigenvalue weighted by atomic mass is 32.2. The molecule has 12 heteroatoms. The molecule has 0 saturated heterocycles. The van der Waals surface area contributed by atoms with Crippen molar-refractivity contribution in [2.45, 2.75) is 58.8 Å². The SMILES string of the molecule is CCCOC(=O)OC(c1ccccc1)C(OS(=O)(=O)CCCNC(C)=O)C(C)(C)[C@@H](O)C(=O)O. The van der Waals surface area contributed by atoms with Crippen LogP contribution < -0.4 is 5.32 Å². The molecular formula is C22H33NO10S. The van der Waals surface area contributed by atoms with Crippen molar-refractivity contribution in [2.75, 3.05) is 18.9 Å². The molecule has 0 bridgehead atoms. The van der Waals surface area contributed by atoms with Gasteiger partial charge in [0.25, 0.3) is 10.1 Å². The summed E-state index contributed by atoms with van der Waals surface area (Å²) >= 11 is 0. The number of rotatable bonds is 14. The van der Waals surface area contributed by atoms with E-state index >= 15 is 0 Å². The Morgan fingerprint density at radius 3 is 2.29 bits per heavy atom. The molecule has 1 aromatic rings. The van der Waals surface area contributed by atoms with Crippen molar-refractivity contribution in [2.24, 2.45) is 5.41 Å². The predicted molar refractivity (Wildman–Crippen MR) is 121 cm³/mol. The zero-order valence-electron chi connectivity index (χ0n) is 19.7. The lowest BCUT2D eigenvalue weighted by Crippen LogP contribution is -2.50. The molecule has 1 amide bonds. The minimum Gasteiger partial charge on any atom is -0.479 e. The zero-order valence-corrected chi connectivity index (χ0v) is 20.5. The van der Waals surface area contributed by atoms with Gasteiger partial charge in [-0.05, 0) is 18.4 Å². The third-order valence-electron chi connectivity index (χ3n) is 4.92. The van der Waals surface area contributed by atoms with Gasteiger partial charge in [-0.25, -0.2) is 9.59 Å². The molecule has 0 aliphatic rings. The van der Waals surface area contributed by atoms with E-state index in [1.807, 2.05) is 0 Å². The number of amides is 1. The first-order valence-electron chi connectivity index (χ1n) is 10.8. The lowest BCUT2D eigenvalue weighted by atomic mass is 9.77. The predicted octanol–water partition coefficient (Wildman–Crippen LogP) is 2.00. The van der Waals surface area contributed by atoms with Gasteiger partial charge < -0.3 is 25.0 Å². The molecular weight excluding hydrogens is 470 g/mol. The molecule has 11 nitrogen and oxygen atoms in total. The summed E-state index contributed by atoms with van der Waals surface area (Å²) in [5.41, 5.74) is -1.44. The summed E-state index contributed by atoms with van der Waals surface area (Å²) in [6.07, 6.45) is -5.70. The van der Waals surface area contributed by atoms with Gasteiger partial charge in [0.2, 0.25) is 5.91 Å². The molecule has 1 aromatic carbocycles. The number of aliphatic carboxylic acids is 1. The number of carboxylic acids is 1. The molecule has 0 radical (unpaired) electrons. The second-order valence-corrected chi connectivity index (χ2v) is 9.94. The van der Waals surface area contributed by atoms with E-state index in [9.17, 15) is 33.0 Å². The summed E-state index contributed by atoms with van der Waals surface area (Å²) < 4.78 is 41.3. The van der Waals surface area contributed by atoms with Crippen molar-refractivity contribution in [1.82, 2.24) is 5.32 Å². The molecule has 34 heavy (non-hydrogen) atoms. The average Bonchev–Trinajstić information content (AvgIpc) is 2.77. The Balaban J connectivity index is 3.38. The lowest BCUT2D eigenvalue weighted by molar-refractivity contribution is -0.163. The monoisotopic (exact) mass is 503 g/mol. The van der Waals surface area contributed by atoms with Crippen molar-refractivity contribution in [3.8, 4) is 0 Å². The molecule has 1 rings (SSSR count). The molecule has 0 aromatic heterocycles. The van der Waals surface area contributed by atoms with Crippen LogP contribution in [0.2, 0.25) is 0 Å². The summed E-state index contributed by atoms with van der Waals surface area (Å²) in [4.78, 5) is 34.9. The van der Waals surface area contributed by atoms with E-state index in [0.717, 1.165) is 0 Å². The number of carbonyl (C=O) groups is 3. The fourth-order valence-corrected chi connectivity index (χ4v) is 4.29. The molecule has 0 fully saturated rings. The van der Waals surface area contributed by atoms with Crippen LogP contribution in [0.15, 0.2) is 30.3 Å². The summed E-state index contributed by atoms with van der Waals surface area (Å²) in [5, 5.41) is 22.3. The standard InChI is InChI=1S/C22H33NO10S/c1-5-13-31-21(28)32-17(16-10-7-6-8-11-16)19(22(3,4)18(25)20(26)27)33-34(29,30)14-9-12-23-15(2)24/h6-8,10-11,17-19,25H,5,9,12-14H2,1-4H3,(H,23,24)(H,26,27)/t17?,18-,19?/m0/s1. The van der Waals surface area contributed by atoms with Crippen LogP contribution in [-0.4, -0.2) is 67.8 Å². The van der Waals surface area contributed by atoms with Gasteiger partial charge >= 0.3 is 12.1 Å². The fraction of sp³-hybridized carbons (Fsp3) is 0.591. The molecule has 3 atom stereocenters.